The van der Waals surface area contributed by atoms with Crippen molar-refractivity contribution in [2.24, 2.45) is 5.92 Å². The Balaban J connectivity index is 2.34. The minimum absolute atomic E-state index is 0.166. The standard InChI is InChI=1S/C8H12O2/c1-2-3-7-6-10-5-4-8(7)9/h1,7-9H,3-6H2. The highest BCUT2D eigenvalue weighted by Crippen LogP contribution is 2.16. The molecule has 56 valence electrons. The second kappa shape index (κ2) is 3.60. The van der Waals surface area contributed by atoms with Gasteiger partial charge in [0.05, 0.1) is 12.7 Å². The van der Waals surface area contributed by atoms with E-state index < -0.39 is 0 Å². The number of aliphatic hydroxyl groups is 1. The molecule has 0 saturated carbocycles. The van der Waals surface area contributed by atoms with E-state index in [1.165, 1.54) is 0 Å². The molecular weight excluding hydrogens is 128 g/mol. The van der Waals surface area contributed by atoms with Gasteiger partial charge in [-0.15, -0.1) is 12.3 Å². The van der Waals surface area contributed by atoms with Crippen molar-refractivity contribution < 1.29 is 9.84 Å². The molecule has 2 heteroatoms. The summed E-state index contributed by atoms with van der Waals surface area (Å²) in [6, 6.07) is 0. The summed E-state index contributed by atoms with van der Waals surface area (Å²) in [7, 11) is 0. The van der Waals surface area contributed by atoms with Crippen LogP contribution in [0.1, 0.15) is 12.8 Å². The Morgan fingerprint density at radius 1 is 1.70 bits per heavy atom. The normalized spacial score (nSPS) is 33.2. The van der Waals surface area contributed by atoms with E-state index in [0.717, 1.165) is 6.42 Å². The Kier molecular flexibility index (Phi) is 2.73. The van der Waals surface area contributed by atoms with Gasteiger partial charge in [-0.1, -0.05) is 0 Å². The van der Waals surface area contributed by atoms with Crippen LogP contribution in [0.4, 0.5) is 0 Å². The fourth-order valence-electron chi connectivity index (χ4n) is 1.13. The van der Waals surface area contributed by atoms with Gasteiger partial charge in [-0.2, -0.15) is 0 Å². The van der Waals surface area contributed by atoms with Crippen molar-refractivity contribution in [2.45, 2.75) is 18.9 Å². The Bertz CT molecular complexity index is 137. The molecule has 1 heterocycles. The van der Waals surface area contributed by atoms with E-state index in [2.05, 4.69) is 5.92 Å². The molecule has 0 aliphatic carbocycles. The summed E-state index contributed by atoms with van der Waals surface area (Å²) < 4.78 is 5.15. The van der Waals surface area contributed by atoms with Gasteiger partial charge in [-0.05, 0) is 6.42 Å². The monoisotopic (exact) mass is 140 g/mol. The average Bonchev–Trinajstić information content (AvgIpc) is 1.94. The fourth-order valence-corrected chi connectivity index (χ4v) is 1.13. The van der Waals surface area contributed by atoms with E-state index in [1.807, 2.05) is 0 Å². The molecule has 0 amide bonds. The largest absolute Gasteiger partial charge is 0.393 e. The van der Waals surface area contributed by atoms with Crippen LogP contribution in [0.3, 0.4) is 0 Å². The van der Waals surface area contributed by atoms with Crippen LogP contribution in [0.15, 0.2) is 0 Å². The van der Waals surface area contributed by atoms with E-state index in [4.69, 9.17) is 11.2 Å². The number of hydrogen-bond donors (Lipinski definition) is 1. The van der Waals surface area contributed by atoms with Crippen molar-refractivity contribution >= 4 is 0 Å². The van der Waals surface area contributed by atoms with Gasteiger partial charge in [0.2, 0.25) is 0 Å². The minimum Gasteiger partial charge on any atom is -0.393 e. The van der Waals surface area contributed by atoms with Gasteiger partial charge >= 0.3 is 0 Å². The second-order valence-electron chi connectivity index (χ2n) is 2.60. The number of rotatable bonds is 1. The lowest BCUT2D eigenvalue weighted by Crippen LogP contribution is -2.31. The van der Waals surface area contributed by atoms with Crippen LogP contribution in [-0.2, 0) is 4.74 Å². The lowest BCUT2D eigenvalue weighted by Gasteiger charge is -2.25. The van der Waals surface area contributed by atoms with Gasteiger partial charge in [-0.3, -0.25) is 0 Å². The first-order chi connectivity index (χ1) is 4.84. The highest BCUT2D eigenvalue weighted by molar-refractivity contribution is 4.89. The van der Waals surface area contributed by atoms with Crippen LogP contribution in [0.5, 0.6) is 0 Å². The van der Waals surface area contributed by atoms with Crippen molar-refractivity contribution in [1.29, 1.82) is 0 Å². The first kappa shape index (κ1) is 7.59. The Morgan fingerprint density at radius 3 is 3.10 bits per heavy atom. The molecule has 0 aromatic carbocycles. The highest BCUT2D eigenvalue weighted by Gasteiger charge is 2.22. The predicted octanol–water partition coefficient (Wildman–Crippen LogP) is 0.407. The van der Waals surface area contributed by atoms with Crippen LogP contribution < -0.4 is 0 Å². The van der Waals surface area contributed by atoms with Crippen molar-refractivity contribution in [3.05, 3.63) is 0 Å². The fraction of sp³-hybridized carbons (Fsp3) is 0.750. The zero-order chi connectivity index (χ0) is 7.40. The van der Waals surface area contributed by atoms with Gasteiger partial charge in [0, 0.05) is 18.9 Å². The smallest absolute Gasteiger partial charge is 0.0621 e. The lowest BCUT2D eigenvalue weighted by atomic mass is 9.96. The molecule has 10 heavy (non-hydrogen) atoms. The van der Waals surface area contributed by atoms with Gasteiger partial charge in [0.15, 0.2) is 0 Å². The third-order valence-corrected chi connectivity index (χ3v) is 1.81. The van der Waals surface area contributed by atoms with Crippen molar-refractivity contribution in [3.8, 4) is 12.3 Å². The molecule has 1 saturated heterocycles. The molecule has 1 fully saturated rings. The summed E-state index contributed by atoms with van der Waals surface area (Å²) in [5, 5.41) is 9.32. The predicted molar refractivity (Wildman–Crippen MR) is 38.4 cm³/mol. The first-order valence-corrected chi connectivity index (χ1v) is 3.54. The molecule has 0 radical (unpaired) electrons. The highest BCUT2D eigenvalue weighted by atomic mass is 16.5. The van der Waals surface area contributed by atoms with E-state index in [-0.39, 0.29) is 12.0 Å². The van der Waals surface area contributed by atoms with Crippen LogP contribution in [0.2, 0.25) is 0 Å². The van der Waals surface area contributed by atoms with Crippen molar-refractivity contribution in [2.75, 3.05) is 13.2 Å². The molecule has 1 aliphatic rings. The summed E-state index contributed by atoms with van der Waals surface area (Å²) in [5.74, 6) is 2.69. The summed E-state index contributed by atoms with van der Waals surface area (Å²) in [6.07, 6.45) is 6.21. The molecule has 2 nitrogen and oxygen atoms in total. The Morgan fingerprint density at radius 2 is 2.50 bits per heavy atom. The average molecular weight is 140 g/mol. The summed E-state index contributed by atoms with van der Waals surface area (Å²) in [5.41, 5.74) is 0. The Hall–Kier alpha value is -0.520. The van der Waals surface area contributed by atoms with Crippen LogP contribution >= 0.6 is 0 Å². The number of ether oxygens (including phenoxy) is 1. The van der Waals surface area contributed by atoms with E-state index >= 15 is 0 Å². The van der Waals surface area contributed by atoms with Gasteiger partial charge in [0.1, 0.15) is 0 Å². The zero-order valence-corrected chi connectivity index (χ0v) is 5.92. The first-order valence-electron chi connectivity index (χ1n) is 3.54. The molecule has 0 bridgehead atoms. The minimum atomic E-state index is -0.246. The SMILES string of the molecule is C#CCC1COCCC1O. The molecular formula is C8H12O2. The maximum atomic E-state index is 9.32. The summed E-state index contributed by atoms with van der Waals surface area (Å²) in [4.78, 5) is 0. The molecule has 1 aliphatic heterocycles. The summed E-state index contributed by atoms with van der Waals surface area (Å²) >= 11 is 0. The summed E-state index contributed by atoms with van der Waals surface area (Å²) in [6.45, 7) is 1.29. The molecule has 0 aromatic heterocycles. The zero-order valence-electron chi connectivity index (χ0n) is 5.92. The van der Waals surface area contributed by atoms with Crippen molar-refractivity contribution in [3.63, 3.8) is 0 Å². The van der Waals surface area contributed by atoms with E-state index in [1.54, 1.807) is 0 Å². The third kappa shape index (κ3) is 1.73. The van der Waals surface area contributed by atoms with Crippen LogP contribution in [-0.4, -0.2) is 24.4 Å². The topological polar surface area (TPSA) is 29.5 Å². The third-order valence-electron chi connectivity index (χ3n) is 1.81. The quantitative estimate of drug-likeness (QED) is 0.534. The maximum Gasteiger partial charge on any atom is 0.0621 e. The lowest BCUT2D eigenvalue weighted by molar-refractivity contribution is -0.0333. The molecule has 0 aromatic rings. The molecule has 2 unspecified atom stereocenters. The van der Waals surface area contributed by atoms with Crippen LogP contribution in [0, 0.1) is 18.3 Å². The molecule has 1 N–H and O–H groups in total. The van der Waals surface area contributed by atoms with Crippen LogP contribution in [0.25, 0.3) is 0 Å². The van der Waals surface area contributed by atoms with Crippen molar-refractivity contribution in [1.82, 2.24) is 0 Å². The molecule has 2 atom stereocenters. The van der Waals surface area contributed by atoms with E-state index in [9.17, 15) is 5.11 Å². The maximum absolute atomic E-state index is 9.32. The van der Waals surface area contributed by atoms with Gasteiger partial charge < -0.3 is 9.84 Å². The number of hydrogen-bond acceptors (Lipinski definition) is 2. The van der Waals surface area contributed by atoms with E-state index in [0.29, 0.717) is 19.6 Å². The van der Waals surface area contributed by atoms with Gasteiger partial charge in [-0.25, -0.2) is 0 Å². The van der Waals surface area contributed by atoms with Gasteiger partial charge in [0.25, 0.3) is 0 Å². The molecule has 0 spiro atoms. The second-order valence-corrected chi connectivity index (χ2v) is 2.60. The Labute approximate surface area is 61.2 Å². The number of aliphatic hydroxyl groups excluding tert-OH is 1. The molecule has 1 rings (SSSR count). The number of terminal acetylenes is 1.